The molecule has 0 spiro atoms. The molecule has 0 saturated carbocycles. The van der Waals surface area contributed by atoms with Crippen molar-refractivity contribution < 1.29 is 19.6 Å². The van der Waals surface area contributed by atoms with Gasteiger partial charge in [0.25, 0.3) is 11.2 Å². The molecule has 0 saturated heterocycles. The first-order chi connectivity index (χ1) is 15.4. The molecule has 172 valence electrons. The Bertz CT molecular complexity index is 1340. The Hall–Kier alpha value is -3.60. The molecular formula is C22H21BrN4O6. The average Bonchev–Trinajstić information content (AvgIpc) is 2.73. The van der Waals surface area contributed by atoms with Gasteiger partial charge in [-0.15, -0.1) is 0 Å². The number of aromatic nitrogens is 2. The third-order valence-electron chi connectivity index (χ3n) is 4.65. The predicted molar refractivity (Wildman–Crippen MR) is 126 cm³/mol. The normalized spacial score (nSPS) is 12.8. The van der Waals surface area contributed by atoms with Gasteiger partial charge in [0.1, 0.15) is 11.6 Å². The fourth-order valence-corrected chi connectivity index (χ4v) is 3.32. The molecule has 1 N–H and O–H groups in total. The summed E-state index contributed by atoms with van der Waals surface area (Å²) in [5, 5.41) is 25.0. The number of aliphatic carboxylic acids is 1. The third-order valence-corrected chi connectivity index (χ3v) is 5.14. The lowest BCUT2D eigenvalue weighted by atomic mass is 9.95. The second-order valence-electron chi connectivity index (χ2n) is 8.29. The fourth-order valence-electron chi connectivity index (χ4n) is 2.96. The summed E-state index contributed by atoms with van der Waals surface area (Å²) < 4.78 is 7.26. The number of benzene rings is 2. The number of nitro benzene ring substituents is 1. The zero-order chi connectivity index (χ0) is 24.5. The zero-order valence-electron chi connectivity index (χ0n) is 18.3. The number of ether oxygens (including phenoxy) is 1. The maximum absolute atomic E-state index is 13.3. The second-order valence-corrected chi connectivity index (χ2v) is 9.20. The first-order valence-corrected chi connectivity index (χ1v) is 10.6. The van der Waals surface area contributed by atoms with E-state index < -0.39 is 28.0 Å². The van der Waals surface area contributed by atoms with Gasteiger partial charge in [0.05, 0.1) is 22.0 Å². The molecule has 0 aliphatic heterocycles. The van der Waals surface area contributed by atoms with E-state index in [0.717, 1.165) is 4.68 Å². The van der Waals surface area contributed by atoms with Gasteiger partial charge in [0.15, 0.2) is 6.10 Å². The number of hydrogen-bond acceptors (Lipinski definition) is 7. The summed E-state index contributed by atoms with van der Waals surface area (Å²) in [6.07, 6.45) is 0.0186. The van der Waals surface area contributed by atoms with Gasteiger partial charge in [-0.05, 0) is 31.2 Å². The summed E-state index contributed by atoms with van der Waals surface area (Å²) in [7, 11) is 0. The van der Waals surface area contributed by atoms with Crippen molar-refractivity contribution >= 4 is 44.7 Å². The standard InChI is InChI=1S/C22H21BrN4O6/c1-12(20(29)30)33-18-8-6-15(27(31)32)9-13(18)11-24-26-19(28)16-10-14(23)5-7-17(16)25-21(26)22(2,3)4/h5-12H,1-4H3,(H,29,30)/t12-/m1/s1. The Kier molecular flexibility index (Phi) is 6.63. The molecule has 0 fully saturated rings. The van der Waals surface area contributed by atoms with E-state index in [2.05, 4.69) is 26.0 Å². The van der Waals surface area contributed by atoms with Gasteiger partial charge < -0.3 is 9.84 Å². The molecule has 1 aromatic heterocycles. The number of nitrogens with zero attached hydrogens (tertiary/aromatic N) is 4. The van der Waals surface area contributed by atoms with Crippen LogP contribution in [0.5, 0.6) is 5.75 Å². The van der Waals surface area contributed by atoms with Crippen molar-refractivity contribution in [3.63, 3.8) is 0 Å². The number of carbonyl (C=O) groups is 1. The Morgan fingerprint density at radius 3 is 2.61 bits per heavy atom. The van der Waals surface area contributed by atoms with Crippen molar-refractivity contribution in [3.8, 4) is 5.75 Å². The topological polar surface area (TPSA) is 137 Å². The molecule has 3 aromatic rings. The first-order valence-electron chi connectivity index (χ1n) is 9.83. The number of carboxylic acids is 1. The Balaban J connectivity index is 2.21. The SMILES string of the molecule is C[C@@H](Oc1ccc([N+](=O)[O-])cc1C=Nn1c(C(C)(C)C)nc2ccc(Br)cc2c1=O)C(=O)O. The van der Waals surface area contributed by atoms with Crippen LogP contribution >= 0.6 is 15.9 Å². The van der Waals surface area contributed by atoms with Crippen LogP contribution in [0.2, 0.25) is 0 Å². The van der Waals surface area contributed by atoms with Crippen molar-refractivity contribution in [3.05, 3.63) is 72.7 Å². The van der Waals surface area contributed by atoms with Crippen LogP contribution in [-0.4, -0.2) is 38.0 Å². The van der Waals surface area contributed by atoms with Crippen LogP contribution in [0.4, 0.5) is 5.69 Å². The van der Waals surface area contributed by atoms with E-state index in [9.17, 15) is 19.7 Å². The van der Waals surface area contributed by atoms with Gasteiger partial charge in [-0.2, -0.15) is 9.78 Å². The highest BCUT2D eigenvalue weighted by molar-refractivity contribution is 9.10. The Morgan fingerprint density at radius 1 is 1.30 bits per heavy atom. The quantitative estimate of drug-likeness (QED) is 0.295. The molecule has 0 bridgehead atoms. The Morgan fingerprint density at radius 2 is 2.00 bits per heavy atom. The molecule has 0 amide bonds. The summed E-state index contributed by atoms with van der Waals surface area (Å²) in [5.41, 5.74) is -0.574. The monoisotopic (exact) mass is 516 g/mol. The highest BCUT2D eigenvalue weighted by Crippen LogP contribution is 2.25. The lowest BCUT2D eigenvalue weighted by molar-refractivity contribution is -0.384. The number of rotatable bonds is 6. The molecule has 1 heterocycles. The summed E-state index contributed by atoms with van der Waals surface area (Å²) in [6.45, 7) is 6.96. The summed E-state index contributed by atoms with van der Waals surface area (Å²) in [6, 6.07) is 8.83. The van der Waals surface area contributed by atoms with E-state index in [1.54, 1.807) is 18.2 Å². The number of hydrogen-bond donors (Lipinski definition) is 1. The minimum Gasteiger partial charge on any atom is -0.479 e. The smallest absolute Gasteiger partial charge is 0.344 e. The predicted octanol–water partition coefficient (Wildman–Crippen LogP) is 4.10. The van der Waals surface area contributed by atoms with Crippen molar-refractivity contribution in [2.75, 3.05) is 0 Å². The van der Waals surface area contributed by atoms with Gasteiger partial charge in [0.2, 0.25) is 0 Å². The van der Waals surface area contributed by atoms with Crippen LogP contribution in [0.3, 0.4) is 0 Å². The van der Waals surface area contributed by atoms with Crippen molar-refractivity contribution in [2.24, 2.45) is 5.10 Å². The number of non-ortho nitro benzene ring substituents is 1. The largest absolute Gasteiger partial charge is 0.479 e. The molecule has 0 unspecified atom stereocenters. The Labute approximate surface area is 196 Å². The van der Waals surface area contributed by atoms with Gasteiger partial charge in [0, 0.05) is 27.6 Å². The molecule has 0 aliphatic rings. The highest BCUT2D eigenvalue weighted by atomic mass is 79.9. The molecule has 11 heteroatoms. The maximum Gasteiger partial charge on any atom is 0.344 e. The zero-order valence-corrected chi connectivity index (χ0v) is 19.9. The van der Waals surface area contributed by atoms with Gasteiger partial charge in [-0.3, -0.25) is 14.9 Å². The van der Waals surface area contributed by atoms with Crippen LogP contribution in [0.15, 0.2) is 50.8 Å². The minimum atomic E-state index is -1.20. The molecule has 0 radical (unpaired) electrons. The van der Waals surface area contributed by atoms with Gasteiger partial charge >= 0.3 is 5.97 Å². The minimum absolute atomic E-state index is 0.0705. The van der Waals surface area contributed by atoms with E-state index >= 15 is 0 Å². The van der Waals surface area contributed by atoms with E-state index in [0.29, 0.717) is 21.2 Å². The van der Waals surface area contributed by atoms with Crippen molar-refractivity contribution in [1.29, 1.82) is 0 Å². The van der Waals surface area contributed by atoms with Crippen LogP contribution < -0.4 is 10.3 Å². The molecule has 1 atom stereocenters. The third kappa shape index (κ3) is 5.25. The molecule has 33 heavy (non-hydrogen) atoms. The molecule has 2 aromatic carbocycles. The van der Waals surface area contributed by atoms with Gasteiger partial charge in [-0.25, -0.2) is 9.78 Å². The van der Waals surface area contributed by atoms with E-state index in [4.69, 9.17) is 9.84 Å². The van der Waals surface area contributed by atoms with Crippen LogP contribution in [-0.2, 0) is 10.2 Å². The summed E-state index contributed by atoms with van der Waals surface area (Å²) >= 11 is 3.35. The lowest BCUT2D eigenvalue weighted by Gasteiger charge is -2.21. The maximum atomic E-state index is 13.3. The van der Waals surface area contributed by atoms with Crippen LogP contribution in [0.1, 0.15) is 39.1 Å². The summed E-state index contributed by atoms with van der Waals surface area (Å²) in [4.78, 5) is 39.7. The fraction of sp³-hybridized carbons (Fsp3) is 0.273. The van der Waals surface area contributed by atoms with Gasteiger partial charge in [-0.1, -0.05) is 36.7 Å². The molecular weight excluding hydrogens is 496 g/mol. The van der Waals surface area contributed by atoms with Crippen LogP contribution in [0.25, 0.3) is 10.9 Å². The number of fused-ring (bicyclic) bond motifs is 1. The molecule has 10 nitrogen and oxygen atoms in total. The van der Waals surface area contributed by atoms with Crippen molar-refractivity contribution in [2.45, 2.75) is 39.2 Å². The molecule has 0 aliphatic carbocycles. The highest BCUT2D eigenvalue weighted by Gasteiger charge is 2.23. The van der Waals surface area contributed by atoms with Crippen LogP contribution in [0, 0.1) is 10.1 Å². The van der Waals surface area contributed by atoms with E-state index in [1.165, 1.54) is 31.3 Å². The second kappa shape index (κ2) is 9.10. The van der Waals surface area contributed by atoms with E-state index in [-0.39, 0.29) is 17.0 Å². The number of halogens is 1. The average molecular weight is 517 g/mol. The number of nitro groups is 1. The summed E-state index contributed by atoms with van der Waals surface area (Å²) in [5.74, 6) is -0.752. The number of carboxylic acid groups (broad SMARTS) is 1. The molecule has 3 rings (SSSR count). The van der Waals surface area contributed by atoms with Crippen molar-refractivity contribution in [1.82, 2.24) is 9.66 Å². The lowest BCUT2D eigenvalue weighted by Crippen LogP contribution is -2.29. The first kappa shape index (κ1) is 24.1. The van der Waals surface area contributed by atoms with E-state index in [1.807, 2.05) is 20.8 Å².